The predicted molar refractivity (Wildman–Crippen MR) is 75.4 cm³/mol. The molecule has 0 aromatic heterocycles. The van der Waals surface area contributed by atoms with Crippen LogP contribution in [-0.2, 0) is 19.1 Å². The smallest absolute Gasteiger partial charge is 0.449 e. The van der Waals surface area contributed by atoms with Gasteiger partial charge in [0.05, 0.1) is 12.0 Å². The number of rotatable bonds is 7. The molecular weight excluding hydrogens is 358 g/mol. The highest BCUT2D eigenvalue weighted by Gasteiger charge is 2.81. The second-order valence-corrected chi connectivity index (χ2v) is 6.62. The van der Waals surface area contributed by atoms with Crippen molar-refractivity contribution in [2.45, 2.75) is 65.4 Å². The molecule has 10 heteroatoms. The van der Waals surface area contributed by atoms with E-state index in [1.165, 1.54) is 6.92 Å². The summed E-state index contributed by atoms with van der Waals surface area (Å²) >= 11 is 0. The van der Waals surface area contributed by atoms with E-state index in [0.717, 1.165) is 13.8 Å². The normalized spacial score (nSPS) is 13.8. The van der Waals surface area contributed by atoms with E-state index in [4.69, 9.17) is 0 Å². The molecule has 0 spiro atoms. The van der Waals surface area contributed by atoms with Crippen LogP contribution < -0.4 is 0 Å². The Labute approximate surface area is 141 Å². The molecule has 0 aromatic carbocycles. The maximum absolute atomic E-state index is 13.3. The lowest BCUT2D eigenvalue weighted by atomic mass is 9.90. The third-order valence-corrected chi connectivity index (χ3v) is 3.70. The van der Waals surface area contributed by atoms with Crippen molar-refractivity contribution in [2.24, 2.45) is 11.3 Å². The van der Waals surface area contributed by atoms with Crippen molar-refractivity contribution in [2.75, 3.05) is 6.61 Å². The van der Waals surface area contributed by atoms with Gasteiger partial charge in [-0.1, -0.05) is 20.8 Å². The number of hydrogen-bond donors (Lipinski definition) is 0. The van der Waals surface area contributed by atoms with Gasteiger partial charge in [-0.15, -0.1) is 0 Å². The summed E-state index contributed by atoms with van der Waals surface area (Å²) in [6.45, 7) is 6.20. The van der Waals surface area contributed by atoms with Crippen LogP contribution in [0.5, 0.6) is 0 Å². The summed E-state index contributed by atoms with van der Waals surface area (Å²) in [6.07, 6.45) is -12.5. The predicted octanol–water partition coefficient (Wildman–Crippen LogP) is 4.42. The molecule has 4 nitrogen and oxygen atoms in total. The first-order valence-corrected chi connectivity index (χ1v) is 7.57. The summed E-state index contributed by atoms with van der Waals surface area (Å²) in [5.41, 5.74) is -7.01. The zero-order valence-electron chi connectivity index (χ0n) is 14.6. The molecule has 0 saturated carbocycles. The summed E-state index contributed by atoms with van der Waals surface area (Å²) in [6, 6.07) is 0. The van der Waals surface area contributed by atoms with Gasteiger partial charge < -0.3 is 9.47 Å². The third kappa shape index (κ3) is 5.24. The lowest BCUT2D eigenvalue weighted by Crippen LogP contribution is -2.66. The summed E-state index contributed by atoms with van der Waals surface area (Å²) in [5, 5.41) is 0. The van der Waals surface area contributed by atoms with Crippen molar-refractivity contribution in [3.63, 3.8) is 0 Å². The van der Waals surface area contributed by atoms with Gasteiger partial charge in [0.2, 0.25) is 0 Å². The highest BCUT2D eigenvalue weighted by Crippen LogP contribution is 2.48. The molecule has 0 N–H and O–H groups in total. The summed E-state index contributed by atoms with van der Waals surface area (Å²) in [5.74, 6) is -4.63. The first kappa shape index (κ1) is 23.5. The average molecular weight is 380 g/mol. The first-order chi connectivity index (χ1) is 11.0. The topological polar surface area (TPSA) is 52.6 Å². The number of carbonyl (C=O) groups is 2. The van der Waals surface area contributed by atoms with Crippen molar-refractivity contribution < 1.29 is 45.4 Å². The summed E-state index contributed by atoms with van der Waals surface area (Å²) in [4.78, 5) is 23.6. The SMILES string of the molecule is CCC(C)(C)C(=O)OC(C(=O)OCCC(C)C)(C(F)(F)F)C(F)(F)F. The first-order valence-electron chi connectivity index (χ1n) is 7.57. The highest BCUT2D eigenvalue weighted by molar-refractivity contribution is 5.87. The van der Waals surface area contributed by atoms with Crippen molar-refractivity contribution in [3.05, 3.63) is 0 Å². The Morgan fingerprint density at radius 1 is 0.920 bits per heavy atom. The number of ether oxygens (including phenoxy) is 2. The van der Waals surface area contributed by atoms with Gasteiger partial charge in [0.1, 0.15) is 0 Å². The second-order valence-electron chi connectivity index (χ2n) is 6.62. The minimum Gasteiger partial charge on any atom is -0.462 e. The number of carbonyl (C=O) groups excluding carboxylic acids is 2. The quantitative estimate of drug-likeness (QED) is 0.485. The van der Waals surface area contributed by atoms with E-state index in [9.17, 15) is 35.9 Å². The molecular formula is C15H22F6O4. The standard InChI is InChI=1S/C15H22F6O4/c1-6-12(4,5)10(22)25-13(14(16,17)18,15(19,20)21)11(23)24-8-7-9(2)3/h9H,6-8H2,1-5H3. The molecule has 0 rings (SSSR count). The fourth-order valence-electron chi connectivity index (χ4n) is 1.46. The average Bonchev–Trinajstić information content (AvgIpc) is 2.40. The van der Waals surface area contributed by atoms with Crippen LogP contribution in [-0.4, -0.2) is 36.5 Å². The van der Waals surface area contributed by atoms with E-state index in [0.29, 0.717) is 0 Å². The molecule has 0 aromatic rings. The van der Waals surface area contributed by atoms with Gasteiger partial charge in [-0.3, -0.25) is 4.79 Å². The van der Waals surface area contributed by atoms with Crippen LogP contribution in [0.25, 0.3) is 0 Å². The van der Waals surface area contributed by atoms with Crippen LogP contribution in [0.4, 0.5) is 26.3 Å². The molecule has 148 valence electrons. The molecule has 0 aliphatic rings. The maximum Gasteiger partial charge on any atom is 0.449 e. The molecule has 0 fully saturated rings. The van der Waals surface area contributed by atoms with Gasteiger partial charge in [-0.05, 0) is 32.6 Å². The molecule has 25 heavy (non-hydrogen) atoms. The van der Waals surface area contributed by atoms with Gasteiger partial charge in [-0.25, -0.2) is 4.79 Å². The Hall–Kier alpha value is -1.48. The number of halogens is 6. The third-order valence-electron chi connectivity index (χ3n) is 3.70. The highest BCUT2D eigenvalue weighted by atomic mass is 19.4. The lowest BCUT2D eigenvalue weighted by molar-refractivity contribution is -0.360. The Morgan fingerprint density at radius 2 is 1.36 bits per heavy atom. The maximum atomic E-state index is 13.3. The monoisotopic (exact) mass is 380 g/mol. The van der Waals surface area contributed by atoms with E-state index < -0.39 is 41.9 Å². The van der Waals surface area contributed by atoms with Gasteiger partial charge in [0.15, 0.2) is 0 Å². The number of hydrogen-bond acceptors (Lipinski definition) is 4. The summed E-state index contributed by atoms with van der Waals surface area (Å²) < 4.78 is 87.5. The van der Waals surface area contributed by atoms with Gasteiger partial charge in [-0.2, -0.15) is 26.3 Å². The fraction of sp³-hybridized carbons (Fsp3) is 0.867. The molecule has 0 bridgehead atoms. The Balaban J connectivity index is 5.95. The zero-order chi connectivity index (χ0) is 20.3. The van der Waals surface area contributed by atoms with Gasteiger partial charge >= 0.3 is 29.9 Å². The second kappa shape index (κ2) is 7.82. The van der Waals surface area contributed by atoms with Crippen molar-refractivity contribution >= 4 is 11.9 Å². The van der Waals surface area contributed by atoms with E-state index in [1.54, 1.807) is 13.8 Å². The molecule has 0 heterocycles. The molecule has 0 aliphatic heterocycles. The van der Waals surface area contributed by atoms with E-state index in [-0.39, 0.29) is 18.8 Å². The number of esters is 2. The molecule has 0 aliphatic carbocycles. The van der Waals surface area contributed by atoms with E-state index in [1.807, 2.05) is 0 Å². The largest absolute Gasteiger partial charge is 0.462 e. The number of alkyl halides is 6. The zero-order valence-corrected chi connectivity index (χ0v) is 14.6. The van der Waals surface area contributed by atoms with Crippen molar-refractivity contribution in [1.29, 1.82) is 0 Å². The molecule has 0 radical (unpaired) electrons. The minimum atomic E-state index is -6.24. The summed E-state index contributed by atoms with van der Waals surface area (Å²) in [7, 11) is 0. The van der Waals surface area contributed by atoms with Crippen LogP contribution in [0.15, 0.2) is 0 Å². The molecule has 0 amide bonds. The van der Waals surface area contributed by atoms with Crippen molar-refractivity contribution in [3.8, 4) is 0 Å². The lowest BCUT2D eigenvalue weighted by Gasteiger charge is -2.36. The molecule has 0 unspecified atom stereocenters. The molecule has 0 saturated heterocycles. The fourth-order valence-corrected chi connectivity index (χ4v) is 1.46. The van der Waals surface area contributed by atoms with Crippen LogP contribution in [0, 0.1) is 11.3 Å². The van der Waals surface area contributed by atoms with Crippen LogP contribution in [0.1, 0.15) is 47.5 Å². The Morgan fingerprint density at radius 3 is 1.68 bits per heavy atom. The van der Waals surface area contributed by atoms with Crippen LogP contribution in [0.3, 0.4) is 0 Å². The van der Waals surface area contributed by atoms with Gasteiger partial charge in [0, 0.05) is 0 Å². The Bertz CT molecular complexity index is 465. The molecule has 0 atom stereocenters. The minimum absolute atomic E-state index is 0.0476. The Kier molecular flexibility index (Phi) is 7.36. The van der Waals surface area contributed by atoms with Gasteiger partial charge in [0.25, 0.3) is 0 Å². The van der Waals surface area contributed by atoms with E-state index in [2.05, 4.69) is 9.47 Å². The van der Waals surface area contributed by atoms with Crippen molar-refractivity contribution in [1.82, 2.24) is 0 Å². The van der Waals surface area contributed by atoms with Crippen LogP contribution >= 0.6 is 0 Å². The van der Waals surface area contributed by atoms with Crippen LogP contribution in [0.2, 0.25) is 0 Å². The van der Waals surface area contributed by atoms with E-state index >= 15 is 0 Å².